The van der Waals surface area contributed by atoms with E-state index in [1.165, 1.54) is 12.3 Å². The molecule has 6 nitrogen and oxygen atoms in total. The van der Waals surface area contributed by atoms with Crippen molar-refractivity contribution in [2.24, 2.45) is 0 Å². The molecule has 3 N–H and O–H groups in total. The fourth-order valence-electron chi connectivity index (χ4n) is 2.30. The van der Waals surface area contributed by atoms with Gasteiger partial charge in [0.25, 0.3) is 0 Å². The molecular weight excluding hydrogens is 320 g/mol. The Balaban J connectivity index is 1.81. The summed E-state index contributed by atoms with van der Waals surface area (Å²) in [4.78, 5) is 18.2. The number of aliphatic hydroxyl groups excluding tert-OH is 1. The summed E-state index contributed by atoms with van der Waals surface area (Å²) in [6.45, 7) is -0.193. The second-order valence-corrected chi connectivity index (χ2v) is 5.31. The third kappa shape index (κ3) is 3.13. The van der Waals surface area contributed by atoms with Gasteiger partial charge >= 0.3 is 5.97 Å². The Morgan fingerprint density at radius 2 is 2.00 bits per heavy atom. The number of nitrogens with one attached hydrogen (secondary N) is 1. The average Bonchev–Trinajstić information content (AvgIpc) is 3.14. The number of hydrogen-bond acceptors (Lipinski definition) is 4. The highest BCUT2D eigenvalue weighted by atomic mass is 35.5. The summed E-state index contributed by atoms with van der Waals surface area (Å²) in [5, 5.41) is 18.5. The molecule has 0 amide bonds. The van der Waals surface area contributed by atoms with E-state index in [-0.39, 0.29) is 17.3 Å². The highest BCUT2D eigenvalue weighted by Gasteiger charge is 2.15. The zero-order chi connectivity index (χ0) is 16.4. The van der Waals surface area contributed by atoms with E-state index in [1.54, 1.807) is 12.1 Å². The van der Waals surface area contributed by atoms with Crippen LogP contribution < -0.4 is 0 Å². The fraction of sp³-hybridized carbons (Fsp3) is 0.125. The van der Waals surface area contributed by atoms with Crippen LogP contribution in [0.15, 0.2) is 41.0 Å². The Morgan fingerprint density at radius 3 is 2.61 bits per heavy atom. The predicted octanol–water partition coefficient (Wildman–Crippen LogP) is 3.10. The van der Waals surface area contributed by atoms with Crippen molar-refractivity contribution < 1.29 is 19.4 Å². The van der Waals surface area contributed by atoms with Crippen molar-refractivity contribution in [3.63, 3.8) is 0 Å². The monoisotopic (exact) mass is 332 g/mol. The van der Waals surface area contributed by atoms with Crippen molar-refractivity contribution in [2.45, 2.75) is 13.0 Å². The molecule has 0 aliphatic carbocycles. The maximum Gasteiger partial charge on any atom is 0.339 e. The molecule has 0 aliphatic heterocycles. The molecule has 3 aromatic rings. The van der Waals surface area contributed by atoms with E-state index in [0.29, 0.717) is 29.3 Å². The first kappa shape index (κ1) is 15.3. The highest BCUT2D eigenvalue weighted by Crippen LogP contribution is 2.26. The third-order valence-electron chi connectivity index (χ3n) is 3.42. The minimum atomic E-state index is -1.03. The largest absolute Gasteiger partial charge is 0.478 e. The standard InChI is InChI=1S/C16H13ClN2O4/c17-15-12(8-20)18-13(19-15)7-9-1-3-10(4-2-9)14-11(16(21)22)5-6-23-14/h1-6,20H,7-8H2,(H,18,19)(H,21,22). The van der Waals surface area contributed by atoms with Crippen LogP contribution in [-0.4, -0.2) is 26.2 Å². The number of nitrogens with zero attached hydrogens (tertiary/aromatic N) is 1. The van der Waals surface area contributed by atoms with Crippen LogP contribution in [0.25, 0.3) is 11.3 Å². The lowest BCUT2D eigenvalue weighted by atomic mass is 10.1. The van der Waals surface area contributed by atoms with Crippen LogP contribution in [0.3, 0.4) is 0 Å². The van der Waals surface area contributed by atoms with Gasteiger partial charge in [-0.05, 0) is 11.6 Å². The highest BCUT2D eigenvalue weighted by molar-refractivity contribution is 6.30. The Kier molecular flexibility index (Phi) is 4.18. The molecule has 0 radical (unpaired) electrons. The van der Waals surface area contributed by atoms with E-state index in [9.17, 15) is 4.79 Å². The lowest BCUT2D eigenvalue weighted by molar-refractivity contribution is 0.0697. The summed E-state index contributed by atoms with van der Waals surface area (Å²) >= 11 is 5.88. The number of aliphatic hydroxyl groups is 1. The Hall–Kier alpha value is -2.57. The maximum absolute atomic E-state index is 11.1. The fourth-order valence-corrected chi connectivity index (χ4v) is 2.51. The van der Waals surface area contributed by atoms with Gasteiger partial charge in [-0.1, -0.05) is 35.9 Å². The van der Waals surface area contributed by atoms with Gasteiger partial charge in [-0.3, -0.25) is 0 Å². The van der Waals surface area contributed by atoms with Crippen LogP contribution in [0.5, 0.6) is 0 Å². The molecule has 0 saturated heterocycles. The van der Waals surface area contributed by atoms with Crippen molar-refractivity contribution in [1.82, 2.24) is 9.97 Å². The number of aromatic carboxylic acids is 1. The number of H-pyrrole nitrogens is 1. The summed E-state index contributed by atoms with van der Waals surface area (Å²) in [6.07, 6.45) is 1.87. The molecule has 2 aromatic heterocycles. The van der Waals surface area contributed by atoms with E-state index in [2.05, 4.69) is 9.97 Å². The van der Waals surface area contributed by atoms with Gasteiger partial charge in [0.2, 0.25) is 0 Å². The molecule has 3 rings (SSSR count). The first-order valence-corrected chi connectivity index (χ1v) is 7.20. The summed E-state index contributed by atoms with van der Waals surface area (Å²) in [7, 11) is 0. The topological polar surface area (TPSA) is 99.3 Å². The maximum atomic E-state index is 11.1. The SMILES string of the molecule is O=C(O)c1ccoc1-c1ccc(Cc2nc(Cl)c(CO)[nH]2)cc1. The molecule has 0 saturated carbocycles. The Morgan fingerprint density at radius 1 is 1.26 bits per heavy atom. The van der Waals surface area contributed by atoms with Gasteiger partial charge in [0.05, 0.1) is 18.6 Å². The van der Waals surface area contributed by atoms with E-state index in [0.717, 1.165) is 5.56 Å². The Labute approximate surface area is 136 Å². The lowest BCUT2D eigenvalue weighted by Crippen LogP contribution is -1.96. The van der Waals surface area contributed by atoms with Crippen LogP contribution in [0.2, 0.25) is 5.15 Å². The molecule has 0 atom stereocenters. The number of imidazole rings is 1. The van der Waals surface area contributed by atoms with Crippen LogP contribution in [-0.2, 0) is 13.0 Å². The average molecular weight is 333 g/mol. The minimum Gasteiger partial charge on any atom is -0.478 e. The van der Waals surface area contributed by atoms with Crippen LogP contribution >= 0.6 is 11.6 Å². The van der Waals surface area contributed by atoms with Gasteiger partial charge in [-0.25, -0.2) is 9.78 Å². The van der Waals surface area contributed by atoms with Crippen LogP contribution in [0.4, 0.5) is 0 Å². The Bertz CT molecular complexity index is 836. The summed E-state index contributed by atoms with van der Waals surface area (Å²) < 4.78 is 5.26. The number of hydrogen-bond donors (Lipinski definition) is 3. The van der Waals surface area contributed by atoms with E-state index >= 15 is 0 Å². The van der Waals surface area contributed by atoms with Crippen molar-refractivity contribution in [2.75, 3.05) is 0 Å². The first-order valence-electron chi connectivity index (χ1n) is 6.82. The number of benzene rings is 1. The number of aromatic amines is 1. The predicted molar refractivity (Wildman–Crippen MR) is 83.4 cm³/mol. The second kappa shape index (κ2) is 6.28. The van der Waals surface area contributed by atoms with Crippen molar-refractivity contribution in [3.05, 3.63) is 64.4 Å². The molecule has 23 heavy (non-hydrogen) atoms. The van der Waals surface area contributed by atoms with Crippen molar-refractivity contribution in [1.29, 1.82) is 0 Å². The van der Waals surface area contributed by atoms with Gasteiger partial charge in [0, 0.05) is 12.0 Å². The zero-order valence-corrected chi connectivity index (χ0v) is 12.7. The summed E-state index contributed by atoms with van der Waals surface area (Å²) in [5.74, 6) is -0.0525. The number of furan rings is 1. The van der Waals surface area contributed by atoms with Crippen molar-refractivity contribution in [3.8, 4) is 11.3 Å². The molecule has 118 valence electrons. The minimum absolute atomic E-state index is 0.128. The molecule has 0 spiro atoms. The number of halogens is 1. The molecule has 1 aromatic carbocycles. The quantitative estimate of drug-likeness (QED) is 0.666. The second-order valence-electron chi connectivity index (χ2n) is 4.95. The number of aromatic nitrogens is 2. The molecule has 0 bridgehead atoms. The van der Waals surface area contributed by atoms with Crippen LogP contribution in [0, 0.1) is 0 Å². The molecule has 0 fully saturated rings. The van der Waals surface area contributed by atoms with E-state index < -0.39 is 5.97 Å². The number of carboxylic acids is 1. The summed E-state index contributed by atoms with van der Waals surface area (Å²) in [6, 6.07) is 8.72. The smallest absolute Gasteiger partial charge is 0.339 e. The number of rotatable bonds is 5. The zero-order valence-electron chi connectivity index (χ0n) is 11.9. The van der Waals surface area contributed by atoms with Gasteiger partial charge in [0.15, 0.2) is 5.15 Å². The van der Waals surface area contributed by atoms with Crippen LogP contribution in [0.1, 0.15) is 27.4 Å². The molecule has 2 heterocycles. The normalized spacial score (nSPS) is 10.9. The van der Waals surface area contributed by atoms with Crippen molar-refractivity contribution >= 4 is 17.6 Å². The molecular formula is C16H13ClN2O4. The first-order chi connectivity index (χ1) is 11.1. The molecule has 0 unspecified atom stereocenters. The summed E-state index contributed by atoms with van der Waals surface area (Å²) in [5.41, 5.74) is 2.26. The number of carbonyl (C=O) groups is 1. The van der Waals surface area contributed by atoms with Gasteiger partial charge in [0.1, 0.15) is 17.1 Å². The third-order valence-corrected chi connectivity index (χ3v) is 3.73. The van der Waals surface area contributed by atoms with E-state index in [1.807, 2.05) is 12.1 Å². The lowest BCUT2D eigenvalue weighted by Gasteiger charge is -2.02. The van der Waals surface area contributed by atoms with Gasteiger partial charge < -0.3 is 19.6 Å². The van der Waals surface area contributed by atoms with Gasteiger partial charge in [-0.15, -0.1) is 0 Å². The van der Waals surface area contributed by atoms with Gasteiger partial charge in [-0.2, -0.15) is 0 Å². The molecule has 7 heteroatoms. The number of carboxylic acid groups (broad SMARTS) is 1. The molecule has 0 aliphatic rings. The van der Waals surface area contributed by atoms with E-state index in [4.69, 9.17) is 26.2 Å².